The quantitative estimate of drug-likeness (QED) is 0.316. The smallest absolute Gasteiger partial charge is 0.280 e. The van der Waals surface area contributed by atoms with Gasteiger partial charge in [0.2, 0.25) is 0 Å². The summed E-state index contributed by atoms with van der Waals surface area (Å²) >= 11 is 0. The predicted octanol–water partition coefficient (Wildman–Crippen LogP) is 3.32. The number of nitro benzene ring substituents is 1. The van der Waals surface area contributed by atoms with Crippen molar-refractivity contribution in [3.63, 3.8) is 0 Å². The number of pyridine rings is 1. The van der Waals surface area contributed by atoms with E-state index in [0.29, 0.717) is 10.9 Å². The van der Waals surface area contributed by atoms with Crippen LogP contribution in [-0.2, 0) is 0 Å². The molecule has 6 nitrogen and oxygen atoms in total. The molecule has 118 valence electrons. The van der Waals surface area contributed by atoms with Gasteiger partial charge in [0, 0.05) is 18.0 Å². The highest BCUT2D eigenvalue weighted by Gasteiger charge is 2.18. The zero-order valence-electron chi connectivity index (χ0n) is 12.9. The molecule has 0 radical (unpaired) electrons. The molecule has 3 aromatic rings. The Morgan fingerprint density at radius 2 is 1.87 bits per heavy atom. The normalized spacial score (nSPS) is 11.0. The standard InChI is InChI=1S/C17H18N4O2/c1-18-10-5-11-19-17-12-6-2-3-7-13(12)20-14-8-4-9-15(16(14)17)21(22)23/h2-4,6-9,18H,5,10-11H2,1H3,(H,19,20). The minimum atomic E-state index is -0.350. The van der Waals surface area contributed by atoms with Gasteiger partial charge in [0.1, 0.15) is 5.39 Å². The Bertz CT molecular complexity index is 864. The highest BCUT2D eigenvalue weighted by atomic mass is 16.6. The SMILES string of the molecule is CNCCCNc1c2ccccc2nc2cccc([N+](=O)[O-])c12. The van der Waals surface area contributed by atoms with Gasteiger partial charge in [-0.15, -0.1) is 0 Å². The first-order chi connectivity index (χ1) is 11.2. The number of aromatic nitrogens is 1. The molecule has 0 saturated carbocycles. The zero-order valence-corrected chi connectivity index (χ0v) is 12.9. The van der Waals surface area contributed by atoms with Crippen LogP contribution in [0.3, 0.4) is 0 Å². The predicted molar refractivity (Wildman–Crippen MR) is 92.9 cm³/mol. The maximum atomic E-state index is 11.4. The summed E-state index contributed by atoms with van der Waals surface area (Å²) in [5.41, 5.74) is 2.33. The van der Waals surface area contributed by atoms with Crippen molar-refractivity contribution in [1.82, 2.24) is 10.3 Å². The molecule has 0 amide bonds. The summed E-state index contributed by atoms with van der Waals surface area (Å²) in [6, 6.07) is 12.7. The Labute approximate surface area is 133 Å². The van der Waals surface area contributed by atoms with Crippen molar-refractivity contribution in [2.45, 2.75) is 6.42 Å². The summed E-state index contributed by atoms with van der Waals surface area (Å²) in [6.07, 6.45) is 0.926. The van der Waals surface area contributed by atoms with Gasteiger partial charge >= 0.3 is 0 Å². The first kappa shape index (κ1) is 15.2. The van der Waals surface area contributed by atoms with Crippen molar-refractivity contribution >= 4 is 33.2 Å². The fraction of sp³-hybridized carbons (Fsp3) is 0.235. The molecule has 3 rings (SSSR count). The number of hydrogen-bond acceptors (Lipinski definition) is 5. The van der Waals surface area contributed by atoms with Crippen LogP contribution in [0.5, 0.6) is 0 Å². The molecule has 0 fully saturated rings. The van der Waals surface area contributed by atoms with Crippen LogP contribution in [0.25, 0.3) is 21.8 Å². The lowest BCUT2D eigenvalue weighted by Crippen LogP contribution is -2.13. The highest BCUT2D eigenvalue weighted by molar-refractivity contribution is 6.11. The molecule has 0 aliphatic rings. The lowest BCUT2D eigenvalue weighted by molar-refractivity contribution is -0.383. The molecular weight excluding hydrogens is 292 g/mol. The van der Waals surface area contributed by atoms with E-state index in [0.717, 1.165) is 36.1 Å². The maximum absolute atomic E-state index is 11.4. The monoisotopic (exact) mass is 310 g/mol. The largest absolute Gasteiger partial charge is 0.384 e. The number of anilines is 1. The molecule has 23 heavy (non-hydrogen) atoms. The molecule has 0 aliphatic carbocycles. The average Bonchev–Trinajstić information content (AvgIpc) is 2.57. The van der Waals surface area contributed by atoms with E-state index in [4.69, 9.17) is 0 Å². The van der Waals surface area contributed by atoms with Crippen LogP contribution in [0.4, 0.5) is 11.4 Å². The number of nitro groups is 1. The van der Waals surface area contributed by atoms with Crippen molar-refractivity contribution in [3.8, 4) is 0 Å². The number of nitrogens with one attached hydrogen (secondary N) is 2. The first-order valence-corrected chi connectivity index (χ1v) is 7.56. The summed E-state index contributed by atoms with van der Waals surface area (Å²) in [5, 5.41) is 19.4. The van der Waals surface area contributed by atoms with E-state index in [2.05, 4.69) is 15.6 Å². The summed E-state index contributed by atoms with van der Waals surface area (Å²) in [5.74, 6) is 0. The van der Waals surface area contributed by atoms with E-state index < -0.39 is 0 Å². The third-order valence-corrected chi connectivity index (χ3v) is 3.79. The van der Waals surface area contributed by atoms with Gasteiger partial charge in [0.15, 0.2) is 0 Å². The number of fused-ring (bicyclic) bond motifs is 2. The number of para-hydroxylation sites is 1. The molecule has 1 aromatic heterocycles. The molecule has 0 bridgehead atoms. The Balaban J connectivity index is 2.22. The molecule has 0 unspecified atom stereocenters. The molecular formula is C17H18N4O2. The van der Waals surface area contributed by atoms with E-state index in [1.807, 2.05) is 37.4 Å². The summed E-state index contributed by atoms with van der Waals surface area (Å²) in [4.78, 5) is 15.6. The topological polar surface area (TPSA) is 80.1 Å². The van der Waals surface area contributed by atoms with Gasteiger partial charge in [0.25, 0.3) is 5.69 Å². The molecule has 6 heteroatoms. The maximum Gasteiger partial charge on any atom is 0.280 e. The Morgan fingerprint density at radius 3 is 2.65 bits per heavy atom. The van der Waals surface area contributed by atoms with Crippen molar-refractivity contribution in [3.05, 3.63) is 52.6 Å². The molecule has 2 aromatic carbocycles. The molecule has 0 spiro atoms. The Kier molecular flexibility index (Phi) is 4.34. The third kappa shape index (κ3) is 2.93. The number of nitrogens with zero attached hydrogens (tertiary/aromatic N) is 2. The fourth-order valence-electron chi connectivity index (χ4n) is 2.74. The lowest BCUT2D eigenvalue weighted by atomic mass is 10.1. The number of non-ortho nitro benzene ring substituents is 1. The lowest BCUT2D eigenvalue weighted by Gasteiger charge is -2.13. The van der Waals surface area contributed by atoms with E-state index in [1.165, 1.54) is 6.07 Å². The summed E-state index contributed by atoms with van der Waals surface area (Å²) in [7, 11) is 1.90. The van der Waals surface area contributed by atoms with Crippen LogP contribution in [0.2, 0.25) is 0 Å². The van der Waals surface area contributed by atoms with Crippen molar-refractivity contribution < 1.29 is 4.92 Å². The highest BCUT2D eigenvalue weighted by Crippen LogP contribution is 2.36. The van der Waals surface area contributed by atoms with E-state index in [1.54, 1.807) is 6.07 Å². The van der Waals surface area contributed by atoms with Crippen LogP contribution in [0.15, 0.2) is 42.5 Å². The minimum absolute atomic E-state index is 0.0804. The Morgan fingerprint density at radius 1 is 1.09 bits per heavy atom. The second-order valence-corrected chi connectivity index (χ2v) is 5.32. The van der Waals surface area contributed by atoms with Crippen LogP contribution in [0.1, 0.15) is 6.42 Å². The summed E-state index contributed by atoms with van der Waals surface area (Å²) < 4.78 is 0. The second-order valence-electron chi connectivity index (χ2n) is 5.32. The number of benzene rings is 2. The number of rotatable bonds is 6. The van der Waals surface area contributed by atoms with Gasteiger partial charge < -0.3 is 10.6 Å². The second kappa shape index (κ2) is 6.58. The van der Waals surface area contributed by atoms with Gasteiger partial charge in [-0.05, 0) is 32.1 Å². The van der Waals surface area contributed by atoms with Crippen LogP contribution in [0, 0.1) is 10.1 Å². The minimum Gasteiger partial charge on any atom is -0.384 e. The van der Waals surface area contributed by atoms with Gasteiger partial charge in [-0.3, -0.25) is 10.1 Å². The zero-order chi connectivity index (χ0) is 16.2. The van der Waals surface area contributed by atoms with Crippen LogP contribution >= 0.6 is 0 Å². The Hall–Kier alpha value is -2.73. The average molecular weight is 310 g/mol. The summed E-state index contributed by atoms with van der Waals surface area (Å²) in [6.45, 7) is 1.62. The molecule has 0 aliphatic heterocycles. The molecule has 0 atom stereocenters. The third-order valence-electron chi connectivity index (χ3n) is 3.79. The first-order valence-electron chi connectivity index (χ1n) is 7.56. The van der Waals surface area contributed by atoms with E-state index in [-0.39, 0.29) is 10.6 Å². The van der Waals surface area contributed by atoms with Crippen molar-refractivity contribution in [2.24, 2.45) is 0 Å². The van der Waals surface area contributed by atoms with Gasteiger partial charge in [0.05, 0.1) is 21.6 Å². The van der Waals surface area contributed by atoms with Crippen LogP contribution in [-0.4, -0.2) is 30.0 Å². The molecule has 2 N–H and O–H groups in total. The van der Waals surface area contributed by atoms with Gasteiger partial charge in [-0.25, -0.2) is 4.98 Å². The van der Waals surface area contributed by atoms with Gasteiger partial charge in [-0.2, -0.15) is 0 Å². The van der Waals surface area contributed by atoms with Crippen LogP contribution < -0.4 is 10.6 Å². The van der Waals surface area contributed by atoms with E-state index in [9.17, 15) is 10.1 Å². The molecule has 0 saturated heterocycles. The number of hydrogen-bond donors (Lipinski definition) is 2. The van der Waals surface area contributed by atoms with Gasteiger partial charge in [-0.1, -0.05) is 24.3 Å². The fourth-order valence-corrected chi connectivity index (χ4v) is 2.74. The van der Waals surface area contributed by atoms with Crippen molar-refractivity contribution in [1.29, 1.82) is 0 Å². The van der Waals surface area contributed by atoms with Crippen molar-refractivity contribution in [2.75, 3.05) is 25.5 Å². The van der Waals surface area contributed by atoms with E-state index >= 15 is 0 Å². The molecule has 1 heterocycles.